The minimum absolute atomic E-state index is 0.0376. The van der Waals surface area contributed by atoms with Crippen LogP contribution in [0.5, 0.6) is 0 Å². The summed E-state index contributed by atoms with van der Waals surface area (Å²) >= 11 is 0. The van der Waals surface area contributed by atoms with Crippen molar-refractivity contribution >= 4 is 21.8 Å². The van der Waals surface area contributed by atoms with Gasteiger partial charge in [-0.25, -0.2) is 8.42 Å². The molecule has 4 rings (SSSR count). The number of carbonyl (C=O) groups is 2. The third kappa shape index (κ3) is 3.43. The van der Waals surface area contributed by atoms with E-state index in [-0.39, 0.29) is 28.1 Å². The first kappa shape index (κ1) is 18.6. The van der Waals surface area contributed by atoms with Crippen molar-refractivity contribution in [3.8, 4) is 0 Å². The Morgan fingerprint density at radius 1 is 0.778 bits per heavy atom. The second-order valence-electron chi connectivity index (χ2n) is 7.91. The molecular formula is C20H26N2O4S. The zero-order chi connectivity index (χ0) is 19.0. The van der Waals surface area contributed by atoms with Gasteiger partial charge in [0, 0.05) is 12.1 Å². The second-order valence-corrected chi connectivity index (χ2v) is 9.75. The Balaban J connectivity index is 1.73. The lowest BCUT2D eigenvalue weighted by atomic mass is 9.91. The number of benzene rings is 1. The van der Waals surface area contributed by atoms with Gasteiger partial charge < -0.3 is 0 Å². The van der Waals surface area contributed by atoms with E-state index in [2.05, 4.69) is 5.32 Å². The number of carbonyl (C=O) groups excluding carboxylic acids is 2. The van der Waals surface area contributed by atoms with E-state index in [0.717, 1.165) is 64.2 Å². The van der Waals surface area contributed by atoms with Crippen LogP contribution in [0.2, 0.25) is 0 Å². The van der Waals surface area contributed by atoms with Gasteiger partial charge in [0.15, 0.2) is 0 Å². The summed E-state index contributed by atoms with van der Waals surface area (Å²) in [6.45, 7) is 0. The molecule has 3 aliphatic rings. The fraction of sp³-hybridized carbons (Fsp3) is 0.600. The van der Waals surface area contributed by atoms with Crippen LogP contribution in [0.25, 0.3) is 0 Å². The lowest BCUT2D eigenvalue weighted by Gasteiger charge is -2.40. The SMILES string of the molecule is O=C1NC(=O)c2cc(S(=O)(=O)N(C3CCCCC3)C3CCCCC3)ccc21. The van der Waals surface area contributed by atoms with Crippen LogP contribution >= 0.6 is 0 Å². The fourth-order valence-corrected chi connectivity index (χ4v) is 6.75. The number of hydrogen-bond donors (Lipinski definition) is 1. The van der Waals surface area contributed by atoms with Crippen LogP contribution < -0.4 is 5.32 Å². The second kappa shape index (κ2) is 7.36. The smallest absolute Gasteiger partial charge is 0.258 e. The van der Waals surface area contributed by atoms with Gasteiger partial charge in [0.25, 0.3) is 11.8 Å². The van der Waals surface area contributed by atoms with Crippen molar-refractivity contribution in [3.05, 3.63) is 29.3 Å². The van der Waals surface area contributed by atoms with E-state index in [0.29, 0.717) is 0 Å². The van der Waals surface area contributed by atoms with Crippen LogP contribution in [0.1, 0.15) is 84.9 Å². The van der Waals surface area contributed by atoms with Crippen molar-refractivity contribution < 1.29 is 18.0 Å². The van der Waals surface area contributed by atoms with Crippen LogP contribution in [-0.4, -0.2) is 36.6 Å². The quantitative estimate of drug-likeness (QED) is 0.800. The molecule has 27 heavy (non-hydrogen) atoms. The zero-order valence-corrected chi connectivity index (χ0v) is 16.3. The van der Waals surface area contributed by atoms with Crippen LogP contribution in [0.15, 0.2) is 23.1 Å². The van der Waals surface area contributed by atoms with Gasteiger partial charge in [-0.3, -0.25) is 14.9 Å². The van der Waals surface area contributed by atoms with E-state index in [1.54, 1.807) is 4.31 Å². The van der Waals surface area contributed by atoms with Crippen molar-refractivity contribution in [3.63, 3.8) is 0 Å². The summed E-state index contributed by atoms with van der Waals surface area (Å²) in [7, 11) is -3.72. The van der Waals surface area contributed by atoms with Crippen molar-refractivity contribution in [1.82, 2.24) is 9.62 Å². The third-order valence-electron chi connectivity index (χ3n) is 6.15. The summed E-state index contributed by atoms with van der Waals surface area (Å²) in [5.41, 5.74) is 0.411. The van der Waals surface area contributed by atoms with Crippen LogP contribution in [0.4, 0.5) is 0 Å². The molecule has 2 amide bonds. The highest BCUT2D eigenvalue weighted by Crippen LogP contribution is 2.35. The lowest BCUT2D eigenvalue weighted by molar-refractivity contribution is 0.0879. The summed E-state index contributed by atoms with van der Waals surface area (Å²) < 4.78 is 29.0. The average molecular weight is 391 g/mol. The Morgan fingerprint density at radius 3 is 1.85 bits per heavy atom. The number of nitrogens with zero attached hydrogens (tertiary/aromatic N) is 1. The van der Waals surface area contributed by atoms with Crippen molar-refractivity contribution in [2.45, 2.75) is 81.2 Å². The van der Waals surface area contributed by atoms with E-state index in [4.69, 9.17) is 0 Å². The highest BCUT2D eigenvalue weighted by Gasteiger charge is 2.39. The molecule has 0 atom stereocenters. The zero-order valence-electron chi connectivity index (χ0n) is 15.4. The monoisotopic (exact) mass is 390 g/mol. The molecule has 2 saturated carbocycles. The third-order valence-corrected chi connectivity index (χ3v) is 8.15. The molecule has 1 aliphatic heterocycles. The first-order valence-corrected chi connectivity index (χ1v) is 11.5. The predicted octanol–water partition coefficient (Wildman–Crippen LogP) is 3.23. The molecule has 1 N–H and O–H groups in total. The van der Waals surface area contributed by atoms with Gasteiger partial charge in [-0.05, 0) is 43.9 Å². The van der Waals surface area contributed by atoms with Gasteiger partial charge in [0.2, 0.25) is 10.0 Å². The van der Waals surface area contributed by atoms with Gasteiger partial charge in [-0.1, -0.05) is 38.5 Å². The number of imide groups is 1. The molecule has 1 heterocycles. The summed E-state index contributed by atoms with van der Waals surface area (Å²) in [6, 6.07) is 4.39. The predicted molar refractivity (Wildman–Crippen MR) is 101 cm³/mol. The maximum atomic E-state index is 13.6. The Hall–Kier alpha value is -1.73. The highest BCUT2D eigenvalue weighted by atomic mass is 32.2. The Kier molecular flexibility index (Phi) is 5.07. The number of hydrogen-bond acceptors (Lipinski definition) is 4. The summed E-state index contributed by atoms with van der Waals surface area (Å²) in [5, 5.41) is 2.23. The molecule has 1 aromatic rings. The molecule has 0 radical (unpaired) electrons. The molecule has 0 saturated heterocycles. The van der Waals surface area contributed by atoms with Gasteiger partial charge in [0.05, 0.1) is 16.0 Å². The molecule has 0 aromatic heterocycles. The molecule has 6 nitrogen and oxygen atoms in total. The highest BCUT2D eigenvalue weighted by molar-refractivity contribution is 7.89. The van der Waals surface area contributed by atoms with Crippen molar-refractivity contribution in [2.75, 3.05) is 0 Å². The molecule has 1 aromatic carbocycles. The largest absolute Gasteiger partial charge is 0.288 e. The van der Waals surface area contributed by atoms with E-state index >= 15 is 0 Å². The molecular weight excluding hydrogens is 364 g/mol. The summed E-state index contributed by atoms with van der Waals surface area (Å²) in [6.07, 6.45) is 10.2. The van der Waals surface area contributed by atoms with Crippen LogP contribution in [0.3, 0.4) is 0 Å². The van der Waals surface area contributed by atoms with Gasteiger partial charge in [-0.15, -0.1) is 0 Å². The van der Waals surface area contributed by atoms with E-state index < -0.39 is 21.8 Å². The lowest BCUT2D eigenvalue weighted by Crippen LogP contribution is -2.48. The minimum atomic E-state index is -3.72. The van der Waals surface area contributed by atoms with Crippen molar-refractivity contribution in [1.29, 1.82) is 0 Å². The molecule has 7 heteroatoms. The maximum Gasteiger partial charge on any atom is 0.258 e. The number of fused-ring (bicyclic) bond motifs is 1. The van der Waals surface area contributed by atoms with Crippen LogP contribution in [-0.2, 0) is 10.0 Å². The Morgan fingerprint density at radius 2 is 1.30 bits per heavy atom. The van der Waals surface area contributed by atoms with E-state index in [1.165, 1.54) is 18.2 Å². The van der Waals surface area contributed by atoms with Gasteiger partial charge in [-0.2, -0.15) is 4.31 Å². The molecule has 0 unspecified atom stereocenters. The Labute approximate surface area is 160 Å². The van der Waals surface area contributed by atoms with Gasteiger partial charge in [0.1, 0.15) is 0 Å². The fourth-order valence-electron chi connectivity index (χ4n) is 4.79. The minimum Gasteiger partial charge on any atom is -0.288 e. The molecule has 2 fully saturated rings. The number of nitrogens with one attached hydrogen (secondary N) is 1. The topological polar surface area (TPSA) is 83.5 Å². The maximum absolute atomic E-state index is 13.6. The Bertz CT molecular complexity index is 835. The molecule has 2 aliphatic carbocycles. The van der Waals surface area contributed by atoms with Gasteiger partial charge >= 0.3 is 0 Å². The summed E-state index contributed by atoms with van der Waals surface area (Å²) in [4.78, 5) is 23.9. The van der Waals surface area contributed by atoms with Crippen molar-refractivity contribution in [2.24, 2.45) is 0 Å². The molecule has 0 spiro atoms. The van der Waals surface area contributed by atoms with Crippen LogP contribution in [0, 0.1) is 0 Å². The normalized spacial score (nSPS) is 22.1. The van der Waals surface area contributed by atoms with E-state index in [1.807, 2.05) is 0 Å². The van der Waals surface area contributed by atoms with E-state index in [9.17, 15) is 18.0 Å². The number of rotatable bonds is 4. The first-order chi connectivity index (χ1) is 13.0. The number of amides is 2. The summed E-state index contributed by atoms with van der Waals surface area (Å²) in [5.74, 6) is -0.982. The number of sulfonamides is 1. The molecule has 146 valence electrons. The molecule has 0 bridgehead atoms. The first-order valence-electron chi connectivity index (χ1n) is 10.0. The standard InChI is InChI=1S/C20H26N2O4S/c23-19-17-12-11-16(13-18(17)20(24)21-19)27(25,26)22(14-7-3-1-4-8-14)15-9-5-2-6-10-15/h11-15H,1-10H2,(H,21,23,24). The average Bonchev–Trinajstić information content (AvgIpc) is 2.97.